The molecule has 0 aliphatic carbocycles. The number of fused-ring (bicyclic) bond motifs is 4. The van der Waals surface area contributed by atoms with Crippen LogP contribution in [0.15, 0.2) is 182 Å². The first-order valence-corrected chi connectivity index (χ1v) is 19.3. The maximum Gasteiger partial charge on any atom is 0.0707 e. The fourth-order valence-electron chi connectivity index (χ4n) is 9.30. The summed E-state index contributed by atoms with van der Waals surface area (Å²) in [6.07, 6.45) is 6.62. The predicted octanol–water partition coefficient (Wildman–Crippen LogP) is 14.5. The Labute approximate surface area is 322 Å². The fourth-order valence-corrected chi connectivity index (χ4v) is 9.30. The van der Waals surface area contributed by atoms with E-state index in [-0.39, 0.29) is 6.04 Å². The van der Waals surface area contributed by atoms with Crippen molar-refractivity contribution in [3.63, 3.8) is 0 Å². The number of benzene rings is 9. The van der Waals surface area contributed by atoms with Crippen LogP contribution in [0.25, 0.3) is 82.2 Å². The molecule has 1 aliphatic heterocycles. The zero-order chi connectivity index (χ0) is 37.0. The van der Waals surface area contributed by atoms with Crippen LogP contribution in [0.4, 0.5) is 0 Å². The highest BCUT2D eigenvalue weighted by molar-refractivity contribution is 6.24. The zero-order valence-electron chi connectivity index (χ0n) is 31.4. The van der Waals surface area contributed by atoms with Gasteiger partial charge in [0.15, 0.2) is 0 Å². The molecule has 262 valence electrons. The number of nitrogens with one attached hydrogen (secondary N) is 1. The lowest BCUT2D eigenvalue weighted by Gasteiger charge is -2.24. The molecular formula is C54H41N. The first-order valence-electron chi connectivity index (χ1n) is 19.3. The second-order valence-corrected chi connectivity index (χ2v) is 15.1. The Morgan fingerprint density at radius 2 is 0.909 bits per heavy atom. The van der Waals surface area contributed by atoms with Crippen LogP contribution >= 0.6 is 0 Å². The van der Waals surface area contributed by atoms with Crippen molar-refractivity contribution >= 4 is 48.8 Å². The van der Waals surface area contributed by atoms with Gasteiger partial charge in [-0.15, -0.1) is 0 Å². The van der Waals surface area contributed by atoms with Crippen molar-refractivity contribution in [2.75, 3.05) is 0 Å². The molecule has 0 radical (unpaired) electrons. The molecule has 0 saturated heterocycles. The van der Waals surface area contributed by atoms with Gasteiger partial charge in [0.25, 0.3) is 0 Å². The Morgan fingerprint density at radius 3 is 1.53 bits per heavy atom. The third-order valence-electron chi connectivity index (χ3n) is 11.6. The smallest absolute Gasteiger partial charge is 0.0707 e. The number of dihydropyridines is 1. The molecule has 1 N–H and O–H groups in total. The van der Waals surface area contributed by atoms with Crippen molar-refractivity contribution < 1.29 is 0 Å². The Balaban J connectivity index is 1.09. The van der Waals surface area contributed by atoms with E-state index in [9.17, 15) is 0 Å². The lowest BCUT2D eigenvalue weighted by atomic mass is 9.83. The van der Waals surface area contributed by atoms with Gasteiger partial charge in [-0.2, -0.15) is 0 Å². The van der Waals surface area contributed by atoms with Crippen LogP contribution in [0.5, 0.6) is 0 Å². The van der Waals surface area contributed by atoms with Gasteiger partial charge in [0.05, 0.1) is 6.04 Å². The summed E-state index contributed by atoms with van der Waals surface area (Å²) in [5.74, 6) is 0. The van der Waals surface area contributed by atoms with Crippen LogP contribution in [0.2, 0.25) is 0 Å². The van der Waals surface area contributed by atoms with E-state index in [2.05, 4.69) is 208 Å². The first kappa shape index (κ1) is 32.9. The van der Waals surface area contributed by atoms with E-state index < -0.39 is 0 Å². The summed E-state index contributed by atoms with van der Waals surface area (Å²) in [6, 6.07) is 60.7. The second kappa shape index (κ2) is 13.3. The highest BCUT2D eigenvalue weighted by atomic mass is 14.9. The third-order valence-corrected chi connectivity index (χ3v) is 11.6. The molecule has 55 heavy (non-hydrogen) atoms. The first-order chi connectivity index (χ1) is 27.0. The van der Waals surface area contributed by atoms with Crippen LogP contribution < -0.4 is 5.32 Å². The standard InChI is InChI=1S/C54H41N/c1-34-32-35(2)52(36(3)33-34)48-30-31-49(42-18-7-6-17-41(42)48)54-46-21-10-8-19-44(46)53(45-20-9-11-22-47(45)54)39-28-26-38(27-29-39)50-24-13-25-51(55-50)43-23-12-15-37-14-4-5-16-40(37)43/h4-33,51,55H,1-3H3. The van der Waals surface area contributed by atoms with Crippen molar-refractivity contribution in [3.8, 4) is 33.4 Å². The molecule has 10 rings (SSSR count). The summed E-state index contributed by atoms with van der Waals surface area (Å²) >= 11 is 0. The van der Waals surface area contributed by atoms with Crippen molar-refractivity contribution in [2.24, 2.45) is 0 Å². The number of rotatable bonds is 5. The average molecular weight is 704 g/mol. The molecular weight excluding hydrogens is 663 g/mol. The van der Waals surface area contributed by atoms with Crippen molar-refractivity contribution in [2.45, 2.75) is 26.8 Å². The molecule has 0 aromatic heterocycles. The van der Waals surface area contributed by atoms with E-state index in [1.54, 1.807) is 0 Å². The van der Waals surface area contributed by atoms with Gasteiger partial charge in [-0.3, -0.25) is 0 Å². The molecule has 1 atom stereocenters. The molecule has 1 heterocycles. The highest BCUT2D eigenvalue weighted by Gasteiger charge is 2.21. The summed E-state index contributed by atoms with van der Waals surface area (Å²) in [5, 5.41) is 14.0. The minimum Gasteiger partial charge on any atom is -0.374 e. The lowest BCUT2D eigenvalue weighted by Crippen LogP contribution is -2.20. The van der Waals surface area contributed by atoms with E-state index in [0.29, 0.717) is 0 Å². The summed E-state index contributed by atoms with van der Waals surface area (Å²) in [4.78, 5) is 0. The predicted molar refractivity (Wildman–Crippen MR) is 236 cm³/mol. The number of allylic oxidation sites excluding steroid dienone is 2. The average Bonchev–Trinajstić information content (AvgIpc) is 3.22. The van der Waals surface area contributed by atoms with Crippen LogP contribution in [-0.4, -0.2) is 0 Å². The SMILES string of the molecule is Cc1cc(C)c(-c2ccc(-c3c4ccccc4c(-c4ccc(C5=CC=CC(c6cccc7ccccc67)N5)cc4)c4ccccc34)c3ccccc23)c(C)c1. The van der Waals surface area contributed by atoms with Gasteiger partial charge >= 0.3 is 0 Å². The zero-order valence-corrected chi connectivity index (χ0v) is 31.4. The van der Waals surface area contributed by atoms with Crippen molar-refractivity contribution in [3.05, 3.63) is 210 Å². The Hall–Kier alpha value is -6.70. The topological polar surface area (TPSA) is 12.0 Å². The molecule has 0 fully saturated rings. The molecule has 1 aliphatic rings. The summed E-state index contributed by atoms with van der Waals surface area (Å²) < 4.78 is 0. The van der Waals surface area contributed by atoms with Crippen molar-refractivity contribution in [1.29, 1.82) is 0 Å². The largest absolute Gasteiger partial charge is 0.374 e. The fraction of sp³-hybridized carbons (Fsp3) is 0.0741. The number of hydrogen-bond donors (Lipinski definition) is 1. The molecule has 0 spiro atoms. The van der Waals surface area contributed by atoms with Gasteiger partial charge in [-0.25, -0.2) is 0 Å². The summed E-state index contributed by atoms with van der Waals surface area (Å²) in [7, 11) is 0. The molecule has 1 nitrogen and oxygen atoms in total. The van der Waals surface area contributed by atoms with Crippen LogP contribution in [0.1, 0.15) is 33.9 Å². The van der Waals surface area contributed by atoms with Gasteiger partial charge in [-0.05, 0) is 126 Å². The lowest BCUT2D eigenvalue weighted by molar-refractivity contribution is 0.770. The van der Waals surface area contributed by atoms with E-state index in [4.69, 9.17) is 0 Å². The van der Waals surface area contributed by atoms with Gasteiger partial charge < -0.3 is 5.32 Å². The summed E-state index contributed by atoms with van der Waals surface area (Å²) in [5.41, 5.74) is 15.2. The quantitative estimate of drug-likeness (QED) is 0.176. The molecule has 9 aromatic carbocycles. The molecule has 0 saturated carbocycles. The van der Waals surface area contributed by atoms with E-state index in [1.807, 2.05) is 0 Å². The van der Waals surface area contributed by atoms with Gasteiger partial charge in [0.1, 0.15) is 0 Å². The minimum absolute atomic E-state index is 0.0984. The molecule has 0 bridgehead atoms. The van der Waals surface area contributed by atoms with Crippen LogP contribution in [0, 0.1) is 20.8 Å². The minimum atomic E-state index is 0.0984. The molecule has 0 amide bonds. The molecule has 1 unspecified atom stereocenters. The Bertz CT molecular complexity index is 2950. The monoisotopic (exact) mass is 703 g/mol. The second-order valence-electron chi connectivity index (χ2n) is 15.1. The Kier molecular flexibility index (Phi) is 7.96. The normalized spacial score (nSPS) is 14.1. The highest BCUT2D eigenvalue weighted by Crippen LogP contribution is 2.47. The Morgan fingerprint density at radius 1 is 0.418 bits per heavy atom. The van der Waals surface area contributed by atoms with Crippen molar-refractivity contribution in [1.82, 2.24) is 5.32 Å². The van der Waals surface area contributed by atoms with Gasteiger partial charge in [0, 0.05) is 5.70 Å². The van der Waals surface area contributed by atoms with Crippen LogP contribution in [-0.2, 0) is 0 Å². The maximum atomic E-state index is 3.83. The number of aryl methyl sites for hydroxylation is 3. The number of hydrogen-bond acceptors (Lipinski definition) is 1. The molecule has 1 heteroatoms. The maximum absolute atomic E-state index is 3.83. The van der Waals surface area contributed by atoms with E-state index >= 15 is 0 Å². The third kappa shape index (κ3) is 5.55. The van der Waals surface area contributed by atoms with Gasteiger partial charge in [0.2, 0.25) is 0 Å². The molecule has 9 aromatic rings. The summed E-state index contributed by atoms with van der Waals surface area (Å²) in [6.45, 7) is 6.67. The van der Waals surface area contributed by atoms with E-state index in [1.165, 1.54) is 104 Å². The van der Waals surface area contributed by atoms with Crippen LogP contribution in [0.3, 0.4) is 0 Å². The van der Waals surface area contributed by atoms with Gasteiger partial charge in [-0.1, -0.05) is 182 Å². The van der Waals surface area contributed by atoms with E-state index in [0.717, 1.165) is 5.70 Å².